The molecule has 1 saturated carbocycles. The fourth-order valence-corrected chi connectivity index (χ4v) is 3.01. The average molecular weight is 197 g/mol. The lowest BCUT2D eigenvalue weighted by atomic mass is 9.72. The van der Waals surface area contributed by atoms with E-state index in [1.165, 1.54) is 45.1 Å². The molecule has 0 spiro atoms. The zero-order valence-corrected chi connectivity index (χ0v) is 10.2. The molecule has 0 saturated heterocycles. The average Bonchev–Trinajstić information content (AvgIpc) is 2.19. The van der Waals surface area contributed by atoms with Gasteiger partial charge >= 0.3 is 0 Å². The smallest absolute Gasteiger partial charge is 0.00518 e. The second-order valence-electron chi connectivity index (χ2n) is 5.20. The standard InChI is InChI=1S/C13H27N/c1-11(2)13-9-5-4-7-12(13)8-6-10-14-3/h11-14H,4-10H2,1-3H3. The van der Waals surface area contributed by atoms with Crippen LogP contribution in [-0.4, -0.2) is 13.6 Å². The molecule has 84 valence electrons. The normalized spacial score (nSPS) is 28.3. The van der Waals surface area contributed by atoms with Gasteiger partial charge < -0.3 is 5.32 Å². The van der Waals surface area contributed by atoms with E-state index in [0.717, 1.165) is 17.8 Å². The van der Waals surface area contributed by atoms with E-state index in [0.29, 0.717) is 0 Å². The Morgan fingerprint density at radius 3 is 2.57 bits per heavy atom. The second-order valence-corrected chi connectivity index (χ2v) is 5.20. The lowest BCUT2D eigenvalue weighted by Crippen LogP contribution is -2.25. The first kappa shape index (κ1) is 12.0. The highest BCUT2D eigenvalue weighted by Gasteiger charge is 2.26. The highest BCUT2D eigenvalue weighted by molar-refractivity contribution is 4.77. The van der Waals surface area contributed by atoms with Crippen molar-refractivity contribution in [2.75, 3.05) is 13.6 Å². The van der Waals surface area contributed by atoms with Crippen molar-refractivity contribution in [2.45, 2.75) is 52.4 Å². The summed E-state index contributed by atoms with van der Waals surface area (Å²) in [7, 11) is 2.06. The summed E-state index contributed by atoms with van der Waals surface area (Å²) in [4.78, 5) is 0. The van der Waals surface area contributed by atoms with Crippen molar-refractivity contribution in [3.05, 3.63) is 0 Å². The molecule has 2 unspecified atom stereocenters. The Labute approximate surface area is 89.7 Å². The van der Waals surface area contributed by atoms with Gasteiger partial charge in [-0.05, 0) is 50.6 Å². The van der Waals surface area contributed by atoms with E-state index in [1.54, 1.807) is 0 Å². The number of rotatable bonds is 5. The number of nitrogens with one attached hydrogen (secondary N) is 1. The maximum Gasteiger partial charge on any atom is -0.00518 e. The number of hydrogen-bond donors (Lipinski definition) is 1. The van der Waals surface area contributed by atoms with Crippen molar-refractivity contribution in [3.63, 3.8) is 0 Å². The number of hydrogen-bond acceptors (Lipinski definition) is 1. The minimum Gasteiger partial charge on any atom is -0.320 e. The summed E-state index contributed by atoms with van der Waals surface area (Å²) >= 11 is 0. The first-order valence-electron chi connectivity index (χ1n) is 6.40. The summed E-state index contributed by atoms with van der Waals surface area (Å²) in [5, 5.41) is 3.25. The van der Waals surface area contributed by atoms with Crippen LogP contribution in [0.5, 0.6) is 0 Å². The van der Waals surface area contributed by atoms with Crippen LogP contribution < -0.4 is 5.32 Å². The highest BCUT2D eigenvalue weighted by atomic mass is 14.8. The van der Waals surface area contributed by atoms with Gasteiger partial charge in [-0.15, -0.1) is 0 Å². The maximum atomic E-state index is 3.25. The molecular formula is C13H27N. The Balaban J connectivity index is 2.30. The van der Waals surface area contributed by atoms with Gasteiger partial charge in [0.2, 0.25) is 0 Å². The molecule has 2 atom stereocenters. The molecule has 0 aromatic heterocycles. The summed E-state index contributed by atoms with van der Waals surface area (Å²) in [6.07, 6.45) is 8.75. The van der Waals surface area contributed by atoms with Crippen molar-refractivity contribution in [2.24, 2.45) is 17.8 Å². The largest absolute Gasteiger partial charge is 0.320 e. The molecule has 1 fully saturated rings. The lowest BCUT2D eigenvalue weighted by molar-refractivity contribution is 0.168. The Kier molecular flexibility index (Phi) is 5.54. The van der Waals surface area contributed by atoms with Gasteiger partial charge in [0.05, 0.1) is 0 Å². The van der Waals surface area contributed by atoms with Gasteiger partial charge in [-0.25, -0.2) is 0 Å². The van der Waals surface area contributed by atoms with Gasteiger partial charge in [0, 0.05) is 0 Å². The van der Waals surface area contributed by atoms with Gasteiger partial charge in [0.15, 0.2) is 0 Å². The summed E-state index contributed by atoms with van der Waals surface area (Å²) in [6, 6.07) is 0. The van der Waals surface area contributed by atoms with Gasteiger partial charge in [-0.3, -0.25) is 0 Å². The molecule has 0 heterocycles. The summed E-state index contributed by atoms with van der Waals surface area (Å²) < 4.78 is 0. The summed E-state index contributed by atoms with van der Waals surface area (Å²) in [6.45, 7) is 6.00. The zero-order valence-electron chi connectivity index (χ0n) is 10.2. The van der Waals surface area contributed by atoms with E-state index in [1.807, 2.05) is 0 Å². The molecule has 0 aliphatic heterocycles. The molecule has 1 nitrogen and oxygen atoms in total. The van der Waals surface area contributed by atoms with E-state index in [2.05, 4.69) is 26.2 Å². The van der Waals surface area contributed by atoms with Crippen LogP contribution in [0.25, 0.3) is 0 Å². The van der Waals surface area contributed by atoms with E-state index < -0.39 is 0 Å². The Bertz CT molecular complexity index is 142. The van der Waals surface area contributed by atoms with E-state index in [9.17, 15) is 0 Å². The molecule has 1 aliphatic carbocycles. The molecule has 1 rings (SSSR count). The van der Waals surface area contributed by atoms with Crippen LogP contribution in [0.1, 0.15) is 52.4 Å². The lowest BCUT2D eigenvalue weighted by Gasteiger charge is -2.34. The SMILES string of the molecule is CNCCCC1CCCCC1C(C)C. The minimum atomic E-state index is 0.898. The fraction of sp³-hybridized carbons (Fsp3) is 1.00. The predicted octanol–water partition coefficient (Wildman–Crippen LogP) is 3.45. The van der Waals surface area contributed by atoms with Crippen molar-refractivity contribution in [3.8, 4) is 0 Å². The van der Waals surface area contributed by atoms with Gasteiger partial charge in [-0.2, -0.15) is 0 Å². The van der Waals surface area contributed by atoms with Crippen LogP contribution in [-0.2, 0) is 0 Å². The topological polar surface area (TPSA) is 12.0 Å². The summed E-state index contributed by atoms with van der Waals surface area (Å²) in [5.74, 6) is 2.94. The monoisotopic (exact) mass is 197 g/mol. The van der Waals surface area contributed by atoms with Crippen molar-refractivity contribution >= 4 is 0 Å². The Morgan fingerprint density at radius 2 is 1.93 bits per heavy atom. The molecule has 1 heteroatoms. The van der Waals surface area contributed by atoms with Crippen molar-refractivity contribution in [1.82, 2.24) is 5.32 Å². The van der Waals surface area contributed by atoms with Gasteiger partial charge in [-0.1, -0.05) is 33.1 Å². The molecule has 0 aromatic rings. The summed E-state index contributed by atoms with van der Waals surface area (Å²) in [5.41, 5.74) is 0. The van der Waals surface area contributed by atoms with Crippen molar-refractivity contribution in [1.29, 1.82) is 0 Å². The highest BCUT2D eigenvalue weighted by Crippen LogP contribution is 2.37. The third kappa shape index (κ3) is 3.61. The van der Waals surface area contributed by atoms with Gasteiger partial charge in [0.25, 0.3) is 0 Å². The van der Waals surface area contributed by atoms with Gasteiger partial charge in [0.1, 0.15) is 0 Å². The van der Waals surface area contributed by atoms with Crippen LogP contribution in [0.2, 0.25) is 0 Å². The Hall–Kier alpha value is -0.0400. The molecule has 0 radical (unpaired) electrons. The first-order valence-corrected chi connectivity index (χ1v) is 6.40. The van der Waals surface area contributed by atoms with E-state index >= 15 is 0 Å². The quantitative estimate of drug-likeness (QED) is 0.666. The molecule has 0 amide bonds. The van der Waals surface area contributed by atoms with E-state index in [-0.39, 0.29) is 0 Å². The zero-order chi connectivity index (χ0) is 10.4. The third-order valence-corrected chi connectivity index (χ3v) is 3.83. The molecule has 14 heavy (non-hydrogen) atoms. The fourth-order valence-electron chi connectivity index (χ4n) is 3.01. The predicted molar refractivity (Wildman–Crippen MR) is 63.4 cm³/mol. The van der Waals surface area contributed by atoms with Crippen LogP contribution in [0.3, 0.4) is 0 Å². The van der Waals surface area contributed by atoms with Crippen LogP contribution in [0.15, 0.2) is 0 Å². The van der Waals surface area contributed by atoms with Crippen LogP contribution >= 0.6 is 0 Å². The molecular weight excluding hydrogens is 170 g/mol. The third-order valence-electron chi connectivity index (χ3n) is 3.83. The van der Waals surface area contributed by atoms with E-state index in [4.69, 9.17) is 0 Å². The minimum absolute atomic E-state index is 0.898. The Morgan fingerprint density at radius 1 is 1.21 bits per heavy atom. The molecule has 1 N–H and O–H groups in total. The van der Waals surface area contributed by atoms with Crippen molar-refractivity contribution < 1.29 is 0 Å². The van der Waals surface area contributed by atoms with Crippen LogP contribution in [0, 0.1) is 17.8 Å². The molecule has 0 aromatic carbocycles. The second kappa shape index (κ2) is 6.44. The maximum absolute atomic E-state index is 3.25. The van der Waals surface area contributed by atoms with Crippen LogP contribution in [0.4, 0.5) is 0 Å². The first-order chi connectivity index (χ1) is 6.75. The molecule has 1 aliphatic rings. The molecule has 0 bridgehead atoms.